The Bertz CT molecular complexity index is 1110. The van der Waals surface area contributed by atoms with Crippen molar-refractivity contribution in [1.82, 2.24) is 9.80 Å². The van der Waals surface area contributed by atoms with E-state index in [-0.39, 0.29) is 5.91 Å². The van der Waals surface area contributed by atoms with Crippen LogP contribution in [0, 0.1) is 20.8 Å². The number of amides is 1. The Labute approximate surface area is 209 Å². The van der Waals surface area contributed by atoms with E-state index in [0.29, 0.717) is 36.3 Å². The van der Waals surface area contributed by atoms with Gasteiger partial charge in [0.05, 0.1) is 4.88 Å². The number of aryl methyl sites for hydroxylation is 3. The molecule has 0 atom stereocenters. The molecule has 2 aromatic carbocycles. The van der Waals surface area contributed by atoms with Gasteiger partial charge in [0.2, 0.25) is 0 Å². The Hall–Kier alpha value is -2.05. The normalized spacial score (nSPS) is 14.5. The van der Waals surface area contributed by atoms with E-state index in [0.717, 1.165) is 46.0 Å². The molecule has 1 aromatic heterocycles. The van der Waals surface area contributed by atoms with Crippen LogP contribution in [0.2, 0.25) is 10.0 Å². The highest BCUT2D eigenvalue weighted by molar-refractivity contribution is 7.12. The minimum Gasteiger partial charge on any atom is -0.488 e. The quantitative estimate of drug-likeness (QED) is 0.384. The van der Waals surface area contributed by atoms with Gasteiger partial charge in [0.1, 0.15) is 12.4 Å². The van der Waals surface area contributed by atoms with Gasteiger partial charge in [-0.2, -0.15) is 0 Å². The summed E-state index contributed by atoms with van der Waals surface area (Å²) in [6, 6.07) is 11.8. The summed E-state index contributed by atoms with van der Waals surface area (Å²) in [5.41, 5.74) is 5.47. The van der Waals surface area contributed by atoms with Crippen LogP contribution in [0.15, 0.2) is 41.8 Å². The third-order valence-corrected chi connectivity index (χ3v) is 7.63. The number of carbonyl (C=O) groups excluding carboxylic acids is 1. The van der Waals surface area contributed by atoms with E-state index in [4.69, 9.17) is 27.9 Å². The maximum atomic E-state index is 13.0. The molecule has 0 N–H and O–H groups in total. The Morgan fingerprint density at radius 1 is 1.00 bits per heavy atom. The van der Waals surface area contributed by atoms with Gasteiger partial charge in [-0.3, -0.25) is 9.69 Å². The van der Waals surface area contributed by atoms with Crippen molar-refractivity contribution in [2.75, 3.05) is 26.2 Å². The average Bonchev–Trinajstić information content (AvgIpc) is 3.24. The van der Waals surface area contributed by atoms with Crippen LogP contribution in [0.1, 0.15) is 37.5 Å². The van der Waals surface area contributed by atoms with Crippen molar-refractivity contribution in [3.63, 3.8) is 0 Å². The molecule has 33 heavy (non-hydrogen) atoms. The molecule has 0 bridgehead atoms. The standard InChI is InChI=1S/C26H28Cl2N2O2S/c1-17-11-18(2)25(19(3)12-17)32-15-20-13-24(33-16-20)26(31)30-9-7-29(8-10-30)14-21-22(27)5-4-6-23(21)28/h4-6,11-13,16H,7-10,14-15H2,1-3H3. The molecule has 1 saturated heterocycles. The summed E-state index contributed by atoms with van der Waals surface area (Å²) in [5, 5.41) is 3.39. The molecule has 1 amide bonds. The van der Waals surface area contributed by atoms with Crippen molar-refractivity contribution in [3.05, 3.63) is 84.5 Å². The van der Waals surface area contributed by atoms with Crippen molar-refractivity contribution in [2.45, 2.75) is 33.9 Å². The zero-order valence-corrected chi connectivity index (χ0v) is 21.5. The lowest BCUT2D eigenvalue weighted by atomic mass is 10.1. The first kappa shape index (κ1) is 24.1. The monoisotopic (exact) mass is 502 g/mol. The van der Waals surface area contributed by atoms with Gasteiger partial charge in [0.25, 0.3) is 5.91 Å². The molecule has 2 heterocycles. The van der Waals surface area contributed by atoms with Crippen molar-refractivity contribution >= 4 is 40.4 Å². The fourth-order valence-corrected chi connectivity index (χ4v) is 5.67. The van der Waals surface area contributed by atoms with E-state index in [9.17, 15) is 4.79 Å². The number of ether oxygens (including phenoxy) is 1. The van der Waals surface area contributed by atoms with Crippen LogP contribution in [0.25, 0.3) is 0 Å². The van der Waals surface area contributed by atoms with Crippen LogP contribution in [-0.2, 0) is 13.2 Å². The zero-order valence-electron chi connectivity index (χ0n) is 19.2. The molecule has 1 fully saturated rings. The Morgan fingerprint density at radius 2 is 1.64 bits per heavy atom. The van der Waals surface area contributed by atoms with Gasteiger partial charge in [0.15, 0.2) is 0 Å². The summed E-state index contributed by atoms with van der Waals surface area (Å²) in [6.45, 7) is 10.3. The van der Waals surface area contributed by atoms with E-state index in [1.807, 2.05) is 34.5 Å². The maximum absolute atomic E-state index is 13.0. The van der Waals surface area contributed by atoms with Crippen LogP contribution in [-0.4, -0.2) is 41.9 Å². The minimum absolute atomic E-state index is 0.0874. The van der Waals surface area contributed by atoms with E-state index < -0.39 is 0 Å². The summed E-state index contributed by atoms with van der Waals surface area (Å²) >= 11 is 14.1. The molecule has 1 aliphatic rings. The average molecular weight is 503 g/mol. The summed E-state index contributed by atoms with van der Waals surface area (Å²) < 4.78 is 6.09. The molecule has 0 spiro atoms. The van der Waals surface area contributed by atoms with Gasteiger partial charge >= 0.3 is 0 Å². The largest absolute Gasteiger partial charge is 0.488 e. The van der Waals surface area contributed by atoms with E-state index in [1.54, 1.807) is 0 Å². The van der Waals surface area contributed by atoms with Gasteiger partial charge in [-0.05, 0) is 55.5 Å². The highest BCUT2D eigenvalue weighted by Gasteiger charge is 2.24. The van der Waals surface area contributed by atoms with Gasteiger partial charge in [-0.25, -0.2) is 0 Å². The molecule has 1 aliphatic heterocycles. The lowest BCUT2D eigenvalue weighted by Gasteiger charge is -2.34. The molecule has 0 radical (unpaired) electrons. The van der Waals surface area contributed by atoms with Crippen LogP contribution in [0.3, 0.4) is 0 Å². The smallest absolute Gasteiger partial charge is 0.264 e. The molecular formula is C26H28Cl2N2O2S. The van der Waals surface area contributed by atoms with E-state index in [2.05, 4.69) is 37.8 Å². The van der Waals surface area contributed by atoms with Crippen molar-refractivity contribution < 1.29 is 9.53 Å². The van der Waals surface area contributed by atoms with E-state index in [1.165, 1.54) is 16.9 Å². The summed E-state index contributed by atoms with van der Waals surface area (Å²) in [6.07, 6.45) is 0. The number of hydrogen-bond donors (Lipinski definition) is 0. The predicted molar refractivity (Wildman–Crippen MR) is 137 cm³/mol. The molecule has 0 saturated carbocycles. The molecular weight excluding hydrogens is 475 g/mol. The number of benzene rings is 2. The molecule has 7 heteroatoms. The second-order valence-corrected chi connectivity index (χ2v) is 10.3. The summed E-state index contributed by atoms with van der Waals surface area (Å²) in [5.74, 6) is 1.01. The first-order valence-corrected chi connectivity index (χ1v) is 12.7. The number of hydrogen-bond acceptors (Lipinski definition) is 4. The summed E-state index contributed by atoms with van der Waals surface area (Å²) in [7, 11) is 0. The summed E-state index contributed by atoms with van der Waals surface area (Å²) in [4.78, 5) is 18.0. The topological polar surface area (TPSA) is 32.8 Å². The van der Waals surface area contributed by atoms with Gasteiger partial charge in [0, 0.05) is 53.9 Å². The van der Waals surface area contributed by atoms with Crippen LogP contribution in [0.5, 0.6) is 5.75 Å². The number of carbonyl (C=O) groups is 1. The van der Waals surface area contributed by atoms with Crippen molar-refractivity contribution in [3.8, 4) is 5.75 Å². The lowest BCUT2D eigenvalue weighted by Crippen LogP contribution is -2.48. The van der Waals surface area contributed by atoms with Gasteiger partial charge < -0.3 is 9.64 Å². The number of thiophene rings is 1. The lowest BCUT2D eigenvalue weighted by molar-refractivity contribution is 0.0633. The highest BCUT2D eigenvalue weighted by Crippen LogP contribution is 2.28. The predicted octanol–water partition coefficient (Wildman–Crippen LogP) is 6.52. The number of nitrogens with zero attached hydrogens (tertiary/aromatic N) is 2. The number of rotatable bonds is 6. The first-order valence-electron chi connectivity index (χ1n) is 11.0. The second-order valence-electron chi connectivity index (χ2n) is 8.60. The van der Waals surface area contributed by atoms with Crippen molar-refractivity contribution in [1.29, 1.82) is 0 Å². The van der Waals surface area contributed by atoms with E-state index >= 15 is 0 Å². The number of piperazine rings is 1. The maximum Gasteiger partial charge on any atom is 0.264 e. The molecule has 174 valence electrons. The van der Waals surface area contributed by atoms with Crippen LogP contribution >= 0.6 is 34.5 Å². The molecule has 0 aliphatic carbocycles. The van der Waals surface area contributed by atoms with Gasteiger partial charge in [-0.1, -0.05) is 47.0 Å². The van der Waals surface area contributed by atoms with Crippen LogP contribution < -0.4 is 4.74 Å². The Morgan fingerprint density at radius 3 is 2.27 bits per heavy atom. The number of halogens is 2. The molecule has 4 nitrogen and oxygen atoms in total. The molecule has 0 unspecified atom stereocenters. The highest BCUT2D eigenvalue weighted by atomic mass is 35.5. The third-order valence-electron chi connectivity index (χ3n) is 5.96. The Balaban J connectivity index is 1.32. The fraction of sp³-hybridized carbons (Fsp3) is 0.346. The minimum atomic E-state index is 0.0874. The fourth-order valence-electron chi connectivity index (χ4n) is 4.29. The second kappa shape index (κ2) is 10.5. The first-order chi connectivity index (χ1) is 15.8. The SMILES string of the molecule is Cc1cc(C)c(OCc2csc(C(=O)N3CCN(Cc4c(Cl)cccc4Cl)CC3)c2)c(C)c1. The Kier molecular flexibility index (Phi) is 7.65. The van der Waals surface area contributed by atoms with Crippen LogP contribution in [0.4, 0.5) is 0 Å². The zero-order chi connectivity index (χ0) is 23.5. The third kappa shape index (κ3) is 5.72. The van der Waals surface area contributed by atoms with Gasteiger partial charge in [-0.15, -0.1) is 11.3 Å². The molecule has 3 aromatic rings. The van der Waals surface area contributed by atoms with Crippen molar-refractivity contribution in [2.24, 2.45) is 0 Å². The molecule has 4 rings (SSSR count).